The van der Waals surface area contributed by atoms with Crippen LogP contribution in [0.5, 0.6) is 0 Å². The molecule has 0 atom stereocenters. The number of sulfone groups is 1. The monoisotopic (exact) mass is 278 g/mol. The summed E-state index contributed by atoms with van der Waals surface area (Å²) >= 11 is 0. The fraction of sp³-hybridized carbons (Fsp3) is 0.375. The summed E-state index contributed by atoms with van der Waals surface area (Å²) in [6, 6.07) is 6.99. The SMILES string of the molecule is CC/C=C\CC/C=C/CS(=O)(=O)c1ccc(C)cc1. The molecule has 0 fully saturated rings. The molecular formula is C16H22O2S. The molecule has 0 amide bonds. The molecule has 0 aliphatic heterocycles. The van der Waals surface area contributed by atoms with Gasteiger partial charge in [-0.05, 0) is 38.3 Å². The molecule has 2 nitrogen and oxygen atoms in total. The summed E-state index contributed by atoms with van der Waals surface area (Å²) in [5, 5.41) is 0. The van der Waals surface area contributed by atoms with Crippen LogP contribution in [0.4, 0.5) is 0 Å². The normalized spacial score (nSPS) is 12.5. The maximum Gasteiger partial charge on any atom is 0.181 e. The van der Waals surface area contributed by atoms with Crippen LogP contribution < -0.4 is 0 Å². The van der Waals surface area contributed by atoms with E-state index in [-0.39, 0.29) is 5.75 Å². The van der Waals surface area contributed by atoms with Crippen LogP contribution in [-0.2, 0) is 9.84 Å². The smallest absolute Gasteiger partial charge is 0.181 e. The Bertz CT molecular complexity index is 522. The van der Waals surface area contributed by atoms with Crippen molar-refractivity contribution in [2.24, 2.45) is 0 Å². The highest BCUT2D eigenvalue weighted by Crippen LogP contribution is 2.12. The summed E-state index contributed by atoms with van der Waals surface area (Å²) in [6.45, 7) is 4.04. The number of allylic oxidation sites excluding steroid dienone is 3. The third-order valence-corrected chi connectivity index (χ3v) is 4.39. The van der Waals surface area contributed by atoms with E-state index in [2.05, 4.69) is 19.1 Å². The van der Waals surface area contributed by atoms with Gasteiger partial charge in [0.05, 0.1) is 10.6 Å². The Kier molecular flexibility index (Phi) is 6.57. The second kappa shape index (κ2) is 7.95. The van der Waals surface area contributed by atoms with E-state index in [1.54, 1.807) is 18.2 Å². The van der Waals surface area contributed by atoms with Crippen molar-refractivity contribution in [1.29, 1.82) is 0 Å². The van der Waals surface area contributed by atoms with Gasteiger partial charge >= 0.3 is 0 Å². The van der Waals surface area contributed by atoms with Gasteiger partial charge in [-0.2, -0.15) is 0 Å². The molecule has 0 bridgehead atoms. The zero-order chi connectivity index (χ0) is 14.1. The lowest BCUT2D eigenvalue weighted by atomic mass is 10.2. The molecule has 0 N–H and O–H groups in total. The van der Waals surface area contributed by atoms with Gasteiger partial charge in [-0.1, -0.05) is 48.9 Å². The first-order valence-corrected chi connectivity index (χ1v) is 8.31. The van der Waals surface area contributed by atoms with E-state index in [1.807, 2.05) is 25.1 Å². The molecule has 0 saturated heterocycles. The van der Waals surface area contributed by atoms with Crippen molar-refractivity contribution >= 4 is 9.84 Å². The van der Waals surface area contributed by atoms with Crippen molar-refractivity contribution in [3.8, 4) is 0 Å². The van der Waals surface area contributed by atoms with E-state index < -0.39 is 9.84 Å². The van der Waals surface area contributed by atoms with Crippen LogP contribution in [0.15, 0.2) is 53.5 Å². The van der Waals surface area contributed by atoms with Gasteiger partial charge in [-0.15, -0.1) is 0 Å². The molecule has 3 heteroatoms. The second-order valence-electron chi connectivity index (χ2n) is 4.52. The average molecular weight is 278 g/mol. The standard InChI is InChI=1S/C16H22O2S/c1-3-4-5-6-7-8-9-14-19(17,18)16-12-10-15(2)11-13-16/h4-5,8-13H,3,6-7,14H2,1-2H3/b5-4-,9-8+. The molecule has 0 heterocycles. The first kappa shape index (κ1) is 15.7. The molecule has 0 radical (unpaired) electrons. The molecular weight excluding hydrogens is 256 g/mol. The summed E-state index contributed by atoms with van der Waals surface area (Å²) < 4.78 is 24.0. The van der Waals surface area contributed by atoms with Crippen LogP contribution in [0.25, 0.3) is 0 Å². The molecule has 0 saturated carbocycles. The number of hydrogen-bond donors (Lipinski definition) is 0. The third kappa shape index (κ3) is 5.88. The lowest BCUT2D eigenvalue weighted by Crippen LogP contribution is -2.04. The van der Waals surface area contributed by atoms with Gasteiger partial charge < -0.3 is 0 Å². The van der Waals surface area contributed by atoms with Crippen molar-refractivity contribution < 1.29 is 8.42 Å². The number of unbranched alkanes of at least 4 members (excludes halogenated alkanes) is 1. The van der Waals surface area contributed by atoms with Crippen LogP contribution >= 0.6 is 0 Å². The van der Waals surface area contributed by atoms with Gasteiger partial charge in [-0.25, -0.2) is 8.42 Å². The highest BCUT2D eigenvalue weighted by atomic mass is 32.2. The maximum absolute atomic E-state index is 12.0. The van der Waals surface area contributed by atoms with Gasteiger partial charge in [0.25, 0.3) is 0 Å². The molecule has 0 aliphatic carbocycles. The van der Waals surface area contributed by atoms with E-state index in [4.69, 9.17) is 0 Å². The Morgan fingerprint density at radius 3 is 2.11 bits per heavy atom. The van der Waals surface area contributed by atoms with Gasteiger partial charge in [0.2, 0.25) is 0 Å². The third-order valence-electron chi connectivity index (χ3n) is 2.76. The minimum Gasteiger partial charge on any atom is -0.223 e. The molecule has 1 rings (SSSR count). The van der Waals surface area contributed by atoms with Gasteiger partial charge in [0.15, 0.2) is 9.84 Å². The summed E-state index contributed by atoms with van der Waals surface area (Å²) in [5.74, 6) is 0.0769. The van der Waals surface area contributed by atoms with Crippen LogP contribution in [0.1, 0.15) is 31.7 Å². The second-order valence-corrected chi connectivity index (χ2v) is 6.56. The van der Waals surface area contributed by atoms with Crippen molar-refractivity contribution in [1.82, 2.24) is 0 Å². The largest absolute Gasteiger partial charge is 0.223 e. The molecule has 104 valence electrons. The predicted molar refractivity (Wildman–Crippen MR) is 81.0 cm³/mol. The molecule has 1 aromatic rings. The highest BCUT2D eigenvalue weighted by molar-refractivity contribution is 7.91. The van der Waals surface area contributed by atoms with Crippen LogP contribution in [0, 0.1) is 6.92 Å². The lowest BCUT2D eigenvalue weighted by Gasteiger charge is -2.01. The highest BCUT2D eigenvalue weighted by Gasteiger charge is 2.11. The predicted octanol–water partition coefficient (Wildman–Crippen LogP) is 4.07. The van der Waals surface area contributed by atoms with Crippen LogP contribution in [-0.4, -0.2) is 14.2 Å². The summed E-state index contributed by atoms with van der Waals surface area (Å²) in [7, 11) is -3.18. The van der Waals surface area contributed by atoms with Gasteiger partial charge in [0, 0.05) is 0 Å². The van der Waals surface area contributed by atoms with E-state index >= 15 is 0 Å². The minimum absolute atomic E-state index is 0.0769. The van der Waals surface area contributed by atoms with Crippen LogP contribution in [0.2, 0.25) is 0 Å². The number of aryl methyl sites for hydroxylation is 1. The molecule has 1 aromatic carbocycles. The maximum atomic E-state index is 12.0. The zero-order valence-electron chi connectivity index (χ0n) is 11.7. The molecule has 0 unspecified atom stereocenters. The number of benzene rings is 1. The Hall–Kier alpha value is -1.35. The Labute approximate surface area is 116 Å². The van der Waals surface area contributed by atoms with E-state index in [9.17, 15) is 8.42 Å². The fourth-order valence-corrected chi connectivity index (χ4v) is 2.76. The summed E-state index contributed by atoms with van der Waals surface area (Å²) in [4.78, 5) is 0.397. The summed E-state index contributed by atoms with van der Waals surface area (Å²) in [6.07, 6.45) is 10.8. The topological polar surface area (TPSA) is 34.1 Å². The van der Waals surface area contributed by atoms with Gasteiger partial charge in [0.1, 0.15) is 0 Å². The first-order valence-electron chi connectivity index (χ1n) is 6.65. The van der Waals surface area contributed by atoms with Crippen molar-refractivity contribution in [3.63, 3.8) is 0 Å². The van der Waals surface area contributed by atoms with E-state index in [1.165, 1.54) is 0 Å². The number of rotatable bonds is 7. The van der Waals surface area contributed by atoms with Crippen LogP contribution in [0.3, 0.4) is 0 Å². The molecule has 0 aromatic heterocycles. The van der Waals surface area contributed by atoms with Crippen molar-refractivity contribution in [2.45, 2.75) is 38.0 Å². The lowest BCUT2D eigenvalue weighted by molar-refractivity contribution is 0.599. The zero-order valence-corrected chi connectivity index (χ0v) is 12.5. The quantitative estimate of drug-likeness (QED) is 0.556. The Balaban J connectivity index is 2.49. The van der Waals surface area contributed by atoms with Crippen molar-refractivity contribution in [2.75, 3.05) is 5.75 Å². The molecule has 0 aliphatic rings. The Morgan fingerprint density at radius 2 is 1.53 bits per heavy atom. The van der Waals surface area contributed by atoms with Crippen molar-refractivity contribution in [3.05, 3.63) is 54.1 Å². The fourth-order valence-electron chi connectivity index (χ4n) is 1.63. The number of hydrogen-bond acceptors (Lipinski definition) is 2. The minimum atomic E-state index is -3.18. The average Bonchev–Trinajstić information content (AvgIpc) is 2.38. The molecule has 19 heavy (non-hydrogen) atoms. The molecule has 0 spiro atoms. The van der Waals surface area contributed by atoms with E-state index in [0.29, 0.717) is 4.90 Å². The first-order chi connectivity index (χ1) is 9.06. The summed E-state index contributed by atoms with van der Waals surface area (Å²) in [5.41, 5.74) is 1.07. The van der Waals surface area contributed by atoms with E-state index in [0.717, 1.165) is 24.8 Å². The Morgan fingerprint density at radius 1 is 0.947 bits per heavy atom. The van der Waals surface area contributed by atoms with Gasteiger partial charge in [-0.3, -0.25) is 0 Å².